The van der Waals surface area contributed by atoms with Crippen LogP contribution in [0.4, 0.5) is 0 Å². The number of rotatable bonds is 16. The average molecular weight is 439 g/mol. The molecule has 0 saturated heterocycles. The van der Waals surface area contributed by atoms with Crippen LogP contribution in [-0.2, 0) is 12.8 Å². The largest absolute Gasteiger partial charge is 0.507 e. The van der Waals surface area contributed by atoms with Crippen LogP contribution < -0.4 is 4.74 Å². The molecule has 0 aliphatic heterocycles. The minimum Gasteiger partial charge on any atom is -0.507 e. The number of esters is 1. The molecular weight excluding hydrogens is 396 g/mol. The lowest BCUT2D eigenvalue weighted by Gasteiger charge is -2.12. The third-order valence-corrected chi connectivity index (χ3v) is 6.07. The van der Waals surface area contributed by atoms with Crippen molar-refractivity contribution in [1.82, 2.24) is 0 Å². The number of benzene rings is 2. The van der Waals surface area contributed by atoms with Crippen molar-refractivity contribution >= 4 is 5.97 Å². The number of carbonyl (C=O) groups is 1. The highest BCUT2D eigenvalue weighted by molar-refractivity contribution is 5.94. The molecular formula is C29H42O3. The monoisotopic (exact) mass is 438 g/mol. The predicted octanol–water partition coefficient (Wildman–Crippen LogP) is 8.42. The van der Waals surface area contributed by atoms with Crippen LogP contribution in [0.1, 0.15) is 112 Å². The number of phenols is 1. The van der Waals surface area contributed by atoms with Crippen LogP contribution >= 0.6 is 0 Å². The van der Waals surface area contributed by atoms with Gasteiger partial charge in [0.25, 0.3) is 0 Å². The van der Waals surface area contributed by atoms with Crippen molar-refractivity contribution in [1.29, 1.82) is 0 Å². The summed E-state index contributed by atoms with van der Waals surface area (Å²) in [5.41, 5.74) is 2.38. The molecule has 0 heterocycles. The first kappa shape index (κ1) is 26.0. The Kier molecular flexibility index (Phi) is 12.6. The topological polar surface area (TPSA) is 46.5 Å². The lowest BCUT2D eigenvalue weighted by atomic mass is 10.0. The molecule has 2 aromatic rings. The molecule has 0 amide bonds. The lowest BCUT2D eigenvalue weighted by Crippen LogP contribution is -2.11. The Hall–Kier alpha value is -2.29. The van der Waals surface area contributed by atoms with E-state index < -0.39 is 5.97 Å². The van der Waals surface area contributed by atoms with Gasteiger partial charge < -0.3 is 9.84 Å². The van der Waals surface area contributed by atoms with E-state index >= 15 is 0 Å². The van der Waals surface area contributed by atoms with E-state index in [1.807, 2.05) is 30.3 Å². The summed E-state index contributed by atoms with van der Waals surface area (Å²) in [5.74, 6) is 0.101. The third-order valence-electron chi connectivity index (χ3n) is 6.07. The summed E-state index contributed by atoms with van der Waals surface area (Å²) in [5, 5.41) is 10.3. The number of ether oxygens (including phenoxy) is 1. The molecule has 0 saturated carbocycles. The van der Waals surface area contributed by atoms with Gasteiger partial charge in [0.1, 0.15) is 17.1 Å². The highest BCUT2D eigenvalue weighted by Crippen LogP contribution is 2.25. The molecule has 0 aliphatic rings. The van der Waals surface area contributed by atoms with Crippen molar-refractivity contribution in [2.24, 2.45) is 0 Å². The van der Waals surface area contributed by atoms with E-state index in [1.165, 1.54) is 64.2 Å². The Morgan fingerprint density at radius 1 is 0.750 bits per heavy atom. The highest BCUT2D eigenvalue weighted by Gasteiger charge is 2.16. The first-order valence-electron chi connectivity index (χ1n) is 12.8. The van der Waals surface area contributed by atoms with Crippen LogP contribution in [0.3, 0.4) is 0 Å². The number of hydrogen-bond acceptors (Lipinski definition) is 3. The van der Waals surface area contributed by atoms with Crippen LogP contribution in [0.15, 0.2) is 42.5 Å². The number of unbranched alkanes of at least 4 members (excludes halogenated alkanes) is 10. The molecule has 3 heteroatoms. The van der Waals surface area contributed by atoms with Gasteiger partial charge in [0.2, 0.25) is 0 Å². The summed E-state index contributed by atoms with van der Waals surface area (Å²) in [6, 6.07) is 13.1. The molecule has 0 aliphatic carbocycles. The standard InChI is InChI=1S/C29H42O3/c1-3-5-7-9-11-13-17-24-21-22-27(30)26(23-24)29(31)32-28-20-16-15-19-25(28)18-14-12-10-8-6-4-2/h15-16,19-23,30H,3-14,17-18H2,1-2H3. The number of para-hydroxylation sites is 1. The molecule has 0 aromatic heterocycles. The van der Waals surface area contributed by atoms with Gasteiger partial charge in [0.15, 0.2) is 0 Å². The van der Waals surface area contributed by atoms with E-state index in [0.29, 0.717) is 5.75 Å². The molecule has 176 valence electrons. The molecule has 1 N–H and O–H groups in total. The maximum absolute atomic E-state index is 12.9. The van der Waals surface area contributed by atoms with Gasteiger partial charge in [-0.3, -0.25) is 0 Å². The van der Waals surface area contributed by atoms with E-state index in [0.717, 1.165) is 36.8 Å². The van der Waals surface area contributed by atoms with Crippen LogP contribution in [0.2, 0.25) is 0 Å². The van der Waals surface area contributed by atoms with Gasteiger partial charge in [-0.2, -0.15) is 0 Å². The summed E-state index contributed by atoms with van der Waals surface area (Å²) >= 11 is 0. The first-order chi connectivity index (χ1) is 15.7. The Labute approximate surface area is 195 Å². The Morgan fingerprint density at radius 3 is 2.03 bits per heavy atom. The fourth-order valence-corrected chi connectivity index (χ4v) is 4.07. The van der Waals surface area contributed by atoms with Gasteiger partial charge in [-0.25, -0.2) is 4.79 Å². The van der Waals surface area contributed by atoms with Crippen molar-refractivity contribution in [3.63, 3.8) is 0 Å². The number of carbonyl (C=O) groups excluding carboxylic acids is 1. The number of hydrogen-bond donors (Lipinski definition) is 1. The van der Waals surface area contributed by atoms with Gasteiger partial charge in [-0.15, -0.1) is 0 Å². The lowest BCUT2D eigenvalue weighted by molar-refractivity contribution is 0.0730. The second-order valence-electron chi connectivity index (χ2n) is 8.88. The van der Waals surface area contributed by atoms with Crippen LogP contribution in [0.25, 0.3) is 0 Å². The second kappa shape index (κ2) is 15.5. The Bertz CT molecular complexity index is 797. The summed E-state index contributed by atoms with van der Waals surface area (Å²) in [4.78, 5) is 12.9. The normalized spacial score (nSPS) is 10.9. The number of phenolic OH excluding ortho intramolecular Hbond substituents is 1. The summed E-state index contributed by atoms with van der Waals surface area (Å²) in [6.07, 6.45) is 16.6. The van der Waals surface area contributed by atoms with E-state index in [4.69, 9.17) is 4.74 Å². The van der Waals surface area contributed by atoms with E-state index in [1.54, 1.807) is 12.1 Å². The van der Waals surface area contributed by atoms with Crippen molar-refractivity contribution in [2.75, 3.05) is 0 Å². The fraction of sp³-hybridized carbons (Fsp3) is 0.552. The van der Waals surface area contributed by atoms with Crippen molar-refractivity contribution < 1.29 is 14.6 Å². The average Bonchev–Trinajstić information content (AvgIpc) is 2.80. The molecule has 0 bridgehead atoms. The molecule has 0 radical (unpaired) electrons. The second-order valence-corrected chi connectivity index (χ2v) is 8.88. The molecule has 2 aromatic carbocycles. The quantitative estimate of drug-likeness (QED) is 0.162. The zero-order valence-corrected chi connectivity index (χ0v) is 20.2. The minimum absolute atomic E-state index is 0.0184. The Balaban J connectivity index is 1.91. The van der Waals surface area contributed by atoms with Gasteiger partial charge in [-0.1, -0.05) is 102 Å². The molecule has 0 atom stereocenters. The first-order valence-corrected chi connectivity index (χ1v) is 12.8. The maximum Gasteiger partial charge on any atom is 0.347 e. The van der Waals surface area contributed by atoms with Gasteiger partial charge in [0, 0.05) is 0 Å². The molecule has 0 spiro atoms. The predicted molar refractivity (Wildman–Crippen MR) is 134 cm³/mol. The summed E-state index contributed by atoms with van der Waals surface area (Å²) in [7, 11) is 0. The fourth-order valence-electron chi connectivity index (χ4n) is 4.07. The van der Waals surface area contributed by atoms with E-state index in [9.17, 15) is 9.90 Å². The third kappa shape index (κ3) is 9.46. The van der Waals surface area contributed by atoms with Gasteiger partial charge in [-0.05, 0) is 55.0 Å². The smallest absolute Gasteiger partial charge is 0.347 e. The van der Waals surface area contributed by atoms with Gasteiger partial charge in [0.05, 0.1) is 0 Å². The summed E-state index contributed by atoms with van der Waals surface area (Å²) < 4.78 is 5.73. The van der Waals surface area contributed by atoms with Crippen LogP contribution in [0.5, 0.6) is 11.5 Å². The van der Waals surface area contributed by atoms with E-state index in [2.05, 4.69) is 13.8 Å². The van der Waals surface area contributed by atoms with Crippen molar-refractivity contribution in [3.8, 4) is 11.5 Å². The molecule has 2 rings (SSSR count). The molecule has 3 nitrogen and oxygen atoms in total. The van der Waals surface area contributed by atoms with Gasteiger partial charge >= 0.3 is 5.97 Å². The Morgan fingerprint density at radius 2 is 1.34 bits per heavy atom. The number of aromatic hydroxyl groups is 1. The minimum atomic E-state index is -0.484. The van der Waals surface area contributed by atoms with E-state index in [-0.39, 0.29) is 11.3 Å². The molecule has 32 heavy (non-hydrogen) atoms. The number of aryl methyl sites for hydroxylation is 2. The van der Waals surface area contributed by atoms with Crippen LogP contribution in [-0.4, -0.2) is 11.1 Å². The van der Waals surface area contributed by atoms with Crippen molar-refractivity contribution in [3.05, 3.63) is 59.2 Å². The zero-order valence-electron chi connectivity index (χ0n) is 20.2. The van der Waals surface area contributed by atoms with Crippen molar-refractivity contribution in [2.45, 2.75) is 104 Å². The SMILES string of the molecule is CCCCCCCCc1ccc(O)c(C(=O)Oc2ccccc2CCCCCCCC)c1. The maximum atomic E-state index is 12.9. The van der Waals surface area contributed by atoms with Crippen LogP contribution in [0, 0.1) is 0 Å². The highest BCUT2D eigenvalue weighted by atomic mass is 16.5. The summed E-state index contributed by atoms with van der Waals surface area (Å²) in [6.45, 7) is 4.46. The molecule has 0 fully saturated rings. The molecule has 0 unspecified atom stereocenters. The zero-order chi connectivity index (χ0) is 23.0.